The summed E-state index contributed by atoms with van der Waals surface area (Å²) in [5, 5.41) is 21.7. The van der Waals surface area contributed by atoms with Gasteiger partial charge in [-0.3, -0.25) is 9.69 Å². The van der Waals surface area contributed by atoms with Crippen LogP contribution in [0.15, 0.2) is 24.0 Å². The molecule has 1 fully saturated rings. The average molecular weight is 560 g/mol. The number of ether oxygens (including phenoxy) is 5. The molecular weight excluding hydrogens is 518 g/mol. The van der Waals surface area contributed by atoms with Gasteiger partial charge in [0.1, 0.15) is 5.76 Å². The number of esters is 2. The fourth-order valence-electron chi connectivity index (χ4n) is 6.78. The van der Waals surface area contributed by atoms with E-state index in [9.17, 15) is 19.8 Å². The van der Waals surface area contributed by atoms with Crippen molar-refractivity contribution in [3.8, 4) is 11.5 Å². The van der Waals surface area contributed by atoms with Gasteiger partial charge >= 0.3 is 11.9 Å². The molecule has 40 heavy (non-hydrogen) atoms. The number of piperidine rings is 1. The maximum Gasteiger partial charge on any atom is 0.339 e. The zero-order valence-corrected chi connectivity index (χ0v) is 23.8. The van der Waals surface area contributed by atoms with Crippen molar-refractivity contribution < 1.29 is 43.5 Å². The van der Waals surface area contributed by atoms with E-state index in [-0.39, 0.29) is 31.1 Å². The lowest BCUT2D eigenvalue weighted by molar-refractivity contribution is -0.180. The zero-order chi connectivity index (χ0) is 28.7. The molecule has 1 aromatic carbocycles. The average Bonchev–Trinajstić information content (AvgIpc) is 3.30. The number of aliphatic hydroxyl groups is 2. The van der Waals surface area contributed by atoms with Crippen molar-refractivity contribution in [1.29, 1.82) is 0 Å². The molecule has 0 amide bonds. The van der Waals surface area contributed by atoms with E-state index in [0.717, 1.165) is 43.5 Å². The van der Waals surface area contributed by atoms with E-state index in [1.165, 1.54) is 7.11 Å². The molecular formula is C30H41NO9. The fraction of sp³-hybridized carbons (Fsp3) is 0.667. The Morgan fingerprint density at radius 1 is 1.10 bits per heavy atom. The summed E-state index contributed by atoms with van der Waals surface area (Å²) in [6.45, 7) is 5.28. The predicted molar refractivity (Wildman–Crippen MR) is 144 cm³/mol. The topological polar surface area (TPSA) is 124 Å². The largest absolute Gasteiger partial charge is 0.497 e. The Morgan fingerprint density at radius 3 is 2.55 bits per heavy atom. The van der Waals surface area contributed by atoms with Crippen molar-refractivity contribution in [3.05, 3.63) is 35.1 Å². The predicted octanol–water partition coefficient (Wildman–Crippen LogP) is 2.83. The molecule has 10 heteroatoms. The van der Waals surface area contributed by atoms with Crippen LogP contribution in [0, 0.1) is 5.92 Å². The number of carbonyl (C=O) groups is 2. The summed E-state index contributed by atoms with van der Waals surface area (Å²) >= 11 is 0. The standard InChI is InChI=1S/C30H41NO9/c1-29(2,34)9-6-10-30(35,16-24(32)37-4)28(33)40-27-23(36-3)14-19-7-5-11-31-12-8-18-13-21-22(39-17-38-21)15-20(18)25(27)26(19)31/h13-15,19,25-27,34-35H,5-12,16-17H2,1-4H3. The van der Waals surface area contributed by atoms with Gasteiger partial charge in [-0.05, 0) is 94.2 Å². The van der Waals surface area contributed by atoms with Crippen LogP contribution in [0.4, 0.5) is 0 Å². The first-order valence-corrected chi connectivity index (χ1v) is 14.2. The van der Waals surface area contributed by atoms with Crippen LogP contribution in [0.2, 0.25) is 0 Å². The number of hydrogen-bond donors (Lipinski definition) is 2. The Hall–Kier alpha value is -2.82. The molecule has 0 bridgehead atoms. The van der Waals surface area contributed by atoms with E-state index in [2.05, 4.69) is 11.0 Å². The maximum atomic E-state index is 13.8. The highest BCUT2D eigenvalue weighted by Gasteiger charge is 2.51. The second kappa shape index (κ2) is 11.2. The highest BCUT2D eigenvalue weighted by Crippen LogP contribution is 2.49. The van der Waals surface area contributed by atoms with Crippen LogP contribution in [0.1, 0.15) is 69.4 Å². The summed E-state index contributed by atoms with van der Waals surface area (Å²) in [6, 6.07) is 4.09. The Bertz CT molecular complexity index is 1160. The molecule has 4 aliphatic rings. The highest BCUT2D eigenvalue weighted by molar-refractivity contribution is 5.86. The minimum atomic E-state index is -2.12. The first-order valence-electron chi connectivity index (χ1n) is 14.2. The molecule has 0 saturated carbocycles. The van der Waals surface area contributed by atoms with Crippen molar-refractivity contribution in [1.82, 2.24) is 4.90 Å². The molecule has 3 aliphatic heterocycles. The van der Waals surface area contributed by atoms with Crippen molar-refractivity contribution in [2.75, 3.05) is 34.1 Å². The highest BCUT2D eigenvalue weighted by atomic mass is 16.7. The molecule has 220 valence electrons. The number of hydrogen-bond acceptors (Lipinski definition) is 10. The Morgan fingerprint density at radius 2 is 1.85 bits per heavy atom. The second-order valence-corrected chi connectivity index (χ2v) is 12.1. The van der Waals surface area contributed by atoms with E-state index >= 15 is 0 Å². The molecule has 1 aliphatic carbocycles. The first-order chi connectivity index (χ1) is 19.0. The number of carbonyl (C=O) groups excluding carboxylic acids is 2. The number of nitrogens with zero attached hydrogens (tertiary/aromatic N) is 1. The molecule has 3 heterocycles. The zero-order valence-electron chi connectivity index (χ0n) is 23.8. The minimum Gasteiger partial charge on any atom is -0.497 e. The van der Waals surface area contributed by atoms with Crippen molar-refractivity contribution >= 4 is 11.9 Å². The van der Waals surface area contributed by atoms with Gasteiger partial charge in [-0.25, -0.2) is 4.79 Å². The number of fused-ring (bicyclic) bond motifs is 3. The van der Waals surface area contributed by atoms with E-state index in [0.29, 0.717) is 30.1 Å². The SMILES string of the molecule is COC(=O)CC(O)(CCCC(C)(C)O)C(=O)OC1C(OC)=CC2CCCN3CCc4cc5c(cc4C1C23)OCO5. The number of benzene rings is 1. The molecule has 5 rings (SSSR count). The summed E-state index contributed by atoms with van der Waals surface area (Å²) in [6.07, 6.45) is 4.13. The molecule has 5 unspecified atom stereocenters. The lowest BCUT2D eigenvalue weighted by atomic mass is 9.71. The molecule has 0 radical (unpaired) electrons. The fourth-order valence-corrected chi connectivity index (χ4v) is 6.78. The monoisotopic (exact) mass is 559 g/mol. The van der Waals surface area contributed by atoms with Gasteiger partial charge in [0, 0.05) is 18.5 Å². The first kappa shape index (κ1) is 28.7. The molecule has 0 aromatic heterocycles. The molecule has 1 aromatic rings. The molecule has 5 atom stereocenters. The smallest absolute Gasteiger partial charge is 0.339 e. The van der Waals surface area contributed by atoms with Gasteiger partial charge in [0.2, 0.25) is 6.79 Å². The minimum absolute atomic E-state index is 0.0657. The van der Waals surface area contributed by atoms with Crippen LogP contribution in [-0.2, 0) is 30.2 Å². The van der Waals surface area contributed by atoms with Crippen LogP contribution < -0.4 is 9.47 Å². The van der Waals surface area contributed by atoms with Gasteiger partial charge in [-0.1, -0.05) is 0 Å². The van der Waals surface area contributed by atoms with Crippen LogP contribution in [-0.4, -0.2) is 84.5 Å². The quantitative estimate of drug-likeness (QED) is 0.437. The van der Waals surface area contributed by atoms with Gasteiger partial charge in [0.25, 0.3) is 0 Å². The third-order valence-electron chi connectivity index (χ3n) is 8.75. The Labute approximate surface area is 235 Å². The van der Waals surface area contributed by atoms with Crippen LogP contribution in [0.25, 0.3) is 0 Å². The van der Waals surface area contributed by atoms with Crippen LogP contribution >= 0.6 is 0 Å². The van der Waals surface area contributed by atoms with Gasteiger partial charge in [0.15, 0.2) is 23.2 Å². The maximum absolute atomic E-state index is 13.8. The summed E-state index contributed by atoms with van der Waals surface area (Å²) in [7, 11) is 2.77. The van der Waals surface area contributed by atoms with Crippen molar-refractivity contribution in [3.63, 3.8) is 0 Å². The van der Waals surface area contributed by atoms with E-state index in [1.807, 2.05) is 12.1 Å². The summed E-state index contributed by atoms with van der Waals surface area (Å²) in [4.78, 5) is 28.6. The van der Waals surface area contributed by atoms with Gasteiger partial charge < -0.3 is 33.9 Å². The normalized spacial score (nSPS) is 26.9. The number of methoxy groups -OCH3 is 2. The van der Waals surface area contributed by atoms with Gasteiger partial charge in [-0.2, -0.15) is 0 Å². The third kappa shape index (κ3) is 5.66. The van der Waals surface area contributed by atoms with E-state index in [1.54, 1.807) is 21.0 Å². The summed E-state index contributed by atoms with van der Waals surface area (Å²) < 4.78 is 28.2. The number of rotatable bonds is 9. The molecule has 10 nitrogen and oxygen atoms in total. The molecule has 0 spiro atoms. The van der Waals surface area contributed by atoms with Gasteiger partial charge in [0.05, 0.1) is 26.2 Å². The Kier molecular flexibility index (Phi) is 8.05. The lowest BCUT2D eigenvalue weighted by Crippen LogP contribution is -2.55. The molecule has 2 N–H and O–H groups in total. The third-order valence-corrected chi connectivity index (χ3v) is 8.75. The van der Waals surface area contributed by atoms with Crippen molar-refractivity contribution in [2.24, 2.45) is 5.92 Å². The van der Waals surface area contributed by atoms with Gasteiger partial charge in [-0.15, -0.1) is 0 Å². The van der Waals surface area contributed by atoms with E-state index < -0.39 is 35.7 Å². The summed E-state index contributed by atoms with van der Waals surface area (Å²) in [5.74, 6) is 0.201. The van der Waals surface area contributed by atoms with Crippen LogP contribution in [0.3, 0.4) is 0 Å². The summed E-state index contributed by atoms with van der Waals surface area (Å²) in [5.41, 5.74) is -0.984. The lowest BCUT2D eigenvalue weighted by Gasteiger charge is -2.48. The second-order valence-electron chi connectivity index (χ2n) is 12.1. The van der Waals surface area contributed by atoms with Crippen LogP contribution in [0.5, 0.6) is 11.5 Å². The van der Waals surface area contributed by atoms with E-state index in [4.69, 9.17) is 23.7 Å². The Balaban J connectivity index is 1.52. The van der Waals surface area contributed by atoms with Crippen molar-refractivity contribution in [2.45, 2.75) is 88.1 Å². The molecule has 1 saturated heterocycles.